The van der Waals surface area contributed by atoms with Crippen LogP contribution in [0.15, 0.2) is 66.1 Å². The van der Waals surface area contributed by atoms with Gasteiger partial charge in [-0.3, -0.25) is 9.88 Å². The number of pyridine rings is 1. The second-order valence-electron chi connectivity index (χ2n) is 8.12. The number of hydrogen-bond donors (Lipinski definition) is 0. The summed E-state index contributed by atoms with van der Waals surface area (Å²) < 4.78 is 27.8. The first-order chi connectivity index (χ1) is 14.3. The van der Waals surface area contributed by atoms with Crippen LogP contribution in [0.2, 0.25) is 0 Å². The molecular formula is C23H30N4O2S. The number of aromatic nitrogens is 3. The van der Waals surface area contributed by atoms with Crippen molar-refractivity contribution in [3.63, 3.8) is 0 Å². The molecule has 6 nitrogen and oxygen atoms in total. The third-order valence-corrected chi connectivity index (χ3v) is 7.09. The summed E-state index contributed by atoms with van der Waals surface area (Å²) in [6.07, 6.45) is 3.48. The van der Waals surface area contributed by atoms with Gasteiger partial charge in [-0.25, -0.2) is 13.4 Å². The van der Waals surface area contributed by atoms with Gasteiger partial charge in [-0.05, 0) is 37.6 Å². The Kier molecular flexibility index (Phi) is 7.05. The molecule has 0 aliphatic heterocycles. The van der Waals surface area contributed by atoms with Crippen molar-refractivity contribution in [3.8, 4) is 0 Å². The van der Waals surface area contributed by atoms with Gasteiger partial charge in [0, 0.05) is 18.8 Å². The lowest BCUT2D eigenvalue weighted by atomic mass is 10.2. The molecule has 160 valence electrons. The van der Waals surface area contributed by atoms with Gasteiger partial charge in [0.2, 0.25) is 15.0 Å². The lowest BCUT2D eigenvalue weighted by molar-refractivity contribution is 0.242. The maximum Gasteiger partial charge on any atom is 0.228 e. The van der Waals surface area contributed by atoms with E-state index < -0.39 is 9.84 Å². The predicted octanol–water partition coefficient (Wildman–Crippen LogP) is 3.95. The minimum absolute atomic E-state index is 0.0344. The molecule has 1 atom stereocenters. The SMILES string of the molecule is CC(C)CS(=O)(=O)c1ncc(CN(C)[C@H](C)c2ccccn2)n1Cc1ccccc1. The molecule has 2 aromatic heterocycles. The minimum Gasteiger partial charge on any atom is -0.313 e. The van der Waals surface area contributed by atoms with Crippen molar-refractivity contribution in [2.45, 2.75) is 45.1 Å². The lowest BCUT2D eigenvalue weighted by Crippen LogP contribution is -2.25. The lowest BCUT2D eigenvalue weighted by Gasteiger charge is -2.25. The van der Waals surface area contributed by atoms with E-state index in [2.05, 4.69) is 21.8 Å². The number of benzene rings is 1. The van der Waals surface area contributed by atoms with Gasteiger partial charge in [0.05, 0.1) is 29.9 Å². The highest BCUT2D eigenvalue weighted by Gasteiger charge is 2.25. The topological polar surface area (TPSA) is 68.1 Å². The zero-order chi connectivity index (χ0) is 21.7. The van der Waals surface area contributed by atoms with Crippen LogP contribution in [0.1, 0.15) is 43.8 Å². The highest BCUT2D eigenvalue weighted by Crippen LogP contribution is 2.22. The van der Waals surface area contributed by atoms with Gasteiger partial charge < -0.3 is 4.57 Å². The normalized spacial score (nSPS) is 13.1. The zero-order valence-electron chi connectivity index (χ0n) is 18.1. The standard InChI is InChI=1S/C23H30N4O2S/c1-18(2)17-30(28,29)23-25-14-21(27(23)15-20-10-6-5-7-11-20)16-26(4)19(3)22-12-8-9-13-24-22/h5-14,18-19H,15-17H2,1-4H3/t19-/m1/s1. The van der Waals surface area contributed by atoms with E-state index in [-0.39, 0.29) is 22.9 Å². The minimum atomic E-state index is -3.48. The average molecular weight is 427 g/mol. The summed E-state index contributed by atoms with van der Waals surface area (Å²) in [5.74, 6) is 0.116. The van der Waals surface area contributed by atoms with Crippen LogP contribution in [0.25, 0.3) is 0 Å². The van der Waals surface area contributed by atoms with E-state index in [4.69, 9.17) is 0 Å². The van der Waals surface area contributed by atoms with Crippen LogP contribution in [-0.4, -0.2) is 40.7 Å². The number of hydrogen-bond acceptors (Lipinski definition) is 5. The number of imidazole rings is 1. The molecule has 2 heterocycles. The van der Waals surface area contributed by atoms with E-state index in [9.17, 15) is 8.42 Å². The van der Waals surface area contributed by atoms with E-state index in [1.807, 2.05) is 74.0 Å². The summed E-state index contributed by atoms with van der Waals surface area (Å²) in [6, 6.07) is 15.8. The third-order valence-electron chi connectivity index (χ3n) is 5.10. The summed E-state index contributed by atoms with van der Waals surface area (Å²) in [5.41, 5.74) is 2.88. The zero-order valence-corrected chi connectivity index (χ0v) is 18.9. The van der Waals surface area contributed by atoms with E-state index in [0.717, 1.165) is 17.0 Å². The molecule has 0 spiro atoms. The Morgan fingerprint density at radius 2 is 1.70 bits per heavy atom. The Bertz CT molecular complexity index is 1050. The molecule has 0 saturated carbocycles. The van der Waals surface area contributed by atoms with E-state index in [0.29, 0.717) is 13.1 Å². The Morgan fingerprint density at radius 1 is 1.00 bits per heavy atom. The fourth-order valence-electron chi connectivity index (χ4n) is 3.46. The van der Waals surface area contributed by atoms with Gasteiger partial charge in [0.15, 0.2) is 0 Å². The smallest absolute Gasteiger partial charge is 0.228 e. The fraction of sp³-hybridized carbons (Fsp3) is 0.391. The van der Waals surface area contributed by atoms with Gasteiger partial charge in [-0.1, -0.05) is 50.2 Å². The largest absolute Gasteiger partial charge is 0.313 e. The van der Waals surface area contributed by atoms with Gasteiger partial charge in [-0.2, -0.15) is 0 Å². The molecule has 0 aliphatic carbocycles. The molecule has 30 heavy (non-hydrogen) atoms. The molecule has 3 rings (SSSR count). The molecule has 3 aromatic rings. The van der Waals surface area contributed by atoms with Crippen molar-refractivity contribution in [1.82, 2.24) is 19.4 Å². The van der Waals surface area contributed by atoms with Gasteiger partial charge >= 0.3 is 0 Å². The molecule has 0 radical (unpaired) electrons. The molecule has 7 heteroatoms. The molecule has 0 unspecified atom stereocenters. The maximum atomic E-state index is 13.0. The van der Waals surface area contributed by atoms with Crippen molar-refractivity contribution >= 4 is 9.84 Å². The van der Waals surface area contributed by atoms with Crippen LogP contribution in [-0.2, 0) is 22.9 Å². The highest BCUT2D eigenvalue weighted by atomic mass is 32.2. The molecule has 0 fully saturated rings. The number of sulfone groups is 1. The first kappa shape index (κ1) is 22.2. The quantitative estimate of drug-likeness (QED) is 0.518. The van der Waals surface area contributed by atoms with Crippen molar-refractivity contribution in [2.24, 2.45) is 5.92 Å². The molecule has 0 bridgehead atoms. The molecule has 0 amide bonds. The van der Waals surface area contributed by atoms with Crippen molar-refractivity contribution < 1.29 is 8.42 Å². The van der Waals surface area contributed by atoms with E-state index >= 15 is 0 Å². The molecule has 0 aliphatic rings. The second kappa shape index (κ2) is 9.53. The first-order valence-corrected chi connectivity index (χ1v) is 11.9. The Hall–Kier alpha value is -2.51. The van der Waals surface area contributed by atoms with Crippen molar-refractivity contribution in [2.75, 3.05) is 12.8 Å². The Morgan fingerprint density at radius 3 is 2.33 bits per heavy atom. The van der Waals surface area contributed by atoms with Crippen LogP contribution in [0.5, 0.6) is 0 Å². The first-order valence-electron chi connectivity index (χ1n) is 10.2. The number of nitrogens with zero attached hydrogens (tertiary/aromatic N) is 4. The summed E-state index contributed by atoms with van der Waals surface area (Å²) in [4.78, 5) is 11.0. The monoisotopic (exact) mass is 426 g/mol. The second-order valence-corrected chi connectivity index (χ2v) is 10.1. The Balaban J connectivity index is 1.93. The van der Waals surface area contributed by atoms with Crippen LogP contribution in [0, 0.1) is 5.92 Å². The van der Waals surface area contributed by atoms with E-state index in [1.54, 1.807) is 12.4 Å². The average Bonchev–Trinajstić information content (AvgIpc) is 3.11. The Labute approximate surface area is 179 Å². The molecule has 0 N–H and O–H groups in total. The van der Waals surface area contributed by atoms with Crippen LogP contribution in [0.3, 0.4) is 0 Å². The maximum absolute atomic E-state index is 13.0. The van der Waals surface area contributed by atoms with Crippen molar-refractivity contribution in [3.05, 3.63) is 77.9 Å². The molecule has 0 saturated heterocycles. The van der Waals surface area contributed by atoms with Crippen molar-refractivity contribution in [1.29, 1.82) is 0 Å². The molecule has 1 aromatic carbocycles. The number of rotatable bonds is 9. The predicted molar refractivity (Wildman–Crippen MR) is 119 cm³/mol. The van der Waals surface area contributed by atoms with Crippen LogP contribution in [0.4, 0.5) is 0 Å². The van der Waals surface area contributed by atoms with E-state index in [1.165, 1.54) is 0 Å². The van der Waals surface area contributed by atoms with Gasteiger partial charge in [0.1, 0.15) is 0 Å². The summed E-state index contributed by atoms with van der Waals surface area (Å²) in [5, 5.41) is 0.147. The van der Waals surface area contributed by atoms with Crippen LogP contribution >= 0.6 is 0 Å². The van der Waals surface area contributed by atoms with Gasteiger partial charge in [-0.15, -0.1) is 0 Å². The van der Waals surface area contributed by atoms with Gasteiger partial charge in [0.25, 0.3) is 0 Å². The molecular weight excluding hydrogens is 396 g/mol. The summed E-state index contributed by atoms with van der Waals surface area (Å²) in [7, 11) is -1.46. The highest BCUT2D eigenvalue weighted by molar-refractivity contribution is 7.91. The fourth-order valence-corrected chi connectivity index (χ4v) is 5.21. The third kappa shape index (κ3) is 5.34. The summed E-state index contributed by atoms with van der Waals surface area (Å²) >= 11 is 0. The summed E-state index contributed by atoms with van der Waals surface area (Å²) in [6.45, 7) is 6.94. The van der Waals surface area contributed by atoms with Crippen LogP contribution < -0.4 is 0 Å².